The molecule has 0 saturated heterocycles. The summed E-state index contributed by atoms with van der Waals surface area (Å²) in [5, 5.41) is 18.7. The third-order valence-corrected chi connectivity index (χ3v) is 3.90. The van der Waals surface area contributed by atoms with Gasteiger partial charge in [0.2, 0.25) is 0 Å². The van der Waals surface area contributed by atoms with E-state index in [0.717, 1.165) is 45.1 Å². The molecule has 1 saturated carbocycles. The first-order valence-electron chi connectivity index (χ1n) is 6.77. The van der Waals surface area contributed by atoms with Crippen molar-refractivity contribution in [3.8, 4) is 0 Å². The monoisotopic (exact) mass is 229 g/mol. The van der Waals surface area contributed by atoms with Gasteiger partial charge in [0.15, 0.2) is 0 Å². The van der Waals surface area contributed by atoms with Gasteiger partial charge in [-0.05, 0) is 38.5 Å². The highest BCUT2D eigenvalue weighted by molar-refractivity contribution is 4.83. The molecule has 0 amide bonds. The fourth-order valence-corrected chi connectivity index (χ4v) is 2.93. The van der Waals surface area contributed by atoms with E-state index in [1.807, 2.05) is 0 Å². The lowest BCUT2D eigenvalue weighted by atomic mass is 9.90. The average molecular weight is 229 g/mol. The Morgan fingerprint density at radius 3 is 2.12 bits per heavy atom. The molecule has 0 aromatic rings. The Kier molecular flexibility index (Phi) is 6.32. The van der Waals surface area contributed by atoms with Gasteiger partial charge in [-0.3, -0.25) is 4.90 Å². The summed E-state index contributed by atoms with van der Waals surface area (Å²) in [4.78, 5) is 2.46. The van der Waals surface area contributed by atoms with Gasteiger partial charge in [0.25, 0.3) is 0 Å². The molecule has 0 aromatic heterocycles. The fourth-order valence-electron chi connectivity index (χ4n) is 2.93. The van der Waals surface area contributed by atoms with Crippen molar-refractivity contribution in [1.82, 2.24) is 4.90 Å². The Morgan fingerprint density at radius 2 is 1.69 bits per heavy atom. The van der Waals surface area contributed by atoms with Gasteiger partial charge in [-0.1, -0.05) is 13.8 Å². The molecule has 1 aliphatic carbocycles. The lowest BCUT2D eigenvalue weighted by Crippen LogP contribution is -2.46. The van der Waals surface area contributed by atoms with Crippen LogP contribution in [0, 0.1) is 0 Å². The molecule has 0 aliphatic heterocycles. The smallest absolute Gasteiger partial charge is 0.0558 e. The minimum absolute atomic E-state index is 0.0890. The van der Waals surface area contributed by atoms with Crippen molar-refractivity contribution in [3.05, 3.63) is 0 Å². The van der Waals surface area contributed by atoms with Crippen LogP contribution in [0.2, 0.25) is 0 Å². The van der Waals surface area contributed by atoms with Crippen molar-refractivity contribution in [2.24, 2.45) is 0 Å². The quantitative estimate of drug-likeness (QED) is 0.729. The molecule has 1 fully saturated rings. The van der Waals surface area contributed by atoms with Crippen LogP contribution in [0.3, 0.4) is 0 Å². The van der Waals surface area contributed by atoms with Gasteiger partial charge in [-0.2, -0.15) is 0 Å². The number of nitrogens with zero attached hydrogens (tertiary/aromatic N) is 1. The van der Waals surface area contributed by atoms with E-state index in [1.165, 1.54) is 0 Å². The molecule has 0 unspecified atom stereocenters. The van der Waals surface area contributed by atoms with E-state index in [9.17, 15) is 5.11 Å². The molecule has 0 bridgehead atoms. The molecule has 3 heteroatoms. The Morgan fingerprint density at radius 1 is 1.12 bits per heavy atom. The summed E-state index contributed by atoms with van der Waals surface area (Å²) in [6, 6.07) is 1.16. The van der Waals surface area contributed by atoms with Crippen molar-refractivity contribution in [2.75, 3.05) is 13.2 Å². The van der Waals surface area contributed by atoms with E-state index >= 15 is 0 Å². The highest BCUT2D eigenvalue weighted by atomic mass is 16.3. The molecule has 0 atom stereocenters. The molecule has 0 aromatic carbocycles. The first-order valence-corrected chi connectivity index (χ1v) is 6.77. The maximum absolute atomic E-state index is 9.52. The summed E-state index contributed by atoms with van der Waals surface area (Å²) in [5.74, 6) is 0. The van der Waals surface area contributed by atoms with E-state index < -0.39 is 0 Å². The van der Waals surface area contributed by atoms with Crippen LogP contribution in [0.1, 0.15) is 52.4 Å². The third-order valence-electron chi connectivity index (χ3n) is 3.90. The number of hydrogen-bond donors (Lipinski definition) is 2. The first-order chi connectivity index (χ1) is 7.72. The largest absolute Gasteiger partial charge is 0.395 e. The summed E-state index contributed by atoms with van der Waals surface area (Å²) in [7, 11) is 0. The summed E-state index contributed by atoms with van der Waals surface area (Å²) < 4.78 is 0. The molecule has 16 heavy (non-hydrogen) atoms. The third kappa shape index (κ3) is 3.72. The molecule has 96 valence electrons. The molecule has 0 heterocycles. The summed E-state index contributed by atoms with van der Waals surface area (Å²) in [5.41, 5.74) is 0. The van der Waals surface area contributed by atoms with Crippen LogP contribution < -0.4 is 0 Å². The lowest BCUT2D eigenvalue weighted by molar-refractivity contribution is 0.0390. The molecular weight excluding hydrogens is 202 g/mol. The van der Waals surface area contributed by atoms with E-state index in [-0.39, 0.29) is 12.7 Å². The van der Waals surface area contributed by atoms with Crippen LogP contribution in [-0.2, 0) is 0 Å². The van der Waals surface area contributed by atoms with Gasteiger partial charge >= 0.3 is 0 Å². The van der Waals surface area contributed by atoms with Gasteiger partial charge in [0, 0.05) is 18.6 Å². The van der Waals surface area contributed by atoms with Gasteiger partial charge in [0.05, 0.1) is 12.7 Å². The maximum atomic E-state index is 9.52. The average Bonchev–Trinajstić information content (AvgIpc) is 2.31. The van der Waals surface area contributed by atoms with E-state index in [1.54, 1.807) is 0 Å². The predicted octanol–water partition coefficient (Wildman–Crippen LogP) is 1.77. The van der Waals surface area contributed by atoms with Gasteiger partial charge in [0.1, 0.15) is 0 Å². The van der Waals surface area contributed by atoms with E-state index in [4.69, 9.17) is 5.11 Å². The number of aliphatic hydroxyl groups excluding tert-OH is 2. The van der Waals surface area contributed by atoms with Crippen LogP contribution in [0.25, 0.3) is 0 Å². The van der Waals surface area contributed by atoms with Gasteiger partial charge in [-0.25, -0.2) is 0 Å². The normalized spacial score (nSPS) is 26.6. The van der Waals surface area contributed by atoms with Crippen molar-refractivity contribution < 1.29 is 10.2 Å². The van der Waals surface area contributed by atoms with E-state index in [2.05, 4.69) is 18.7 Å². The predicted molar refractivity (Wildman–Crippen MR) is 66.4 cm³/mol. The Labute approximate surface area is 99.5 Å². The van der Waals surface area contributed by atoms with Crippen LogP contribution in [-0.4, -0.2) is 46.5 Å². The zero-order chi connectivity index (χ0) is 12.0. The molecule has 0 radical (unpaired) electrons. The van der Waals surface area contributed by atoms with Crippen LogP contribution in [0.15, 0.2) is 0 Å². The zero-order valence-electron chi connectivity index (χ0n) is 10.7. The number of aliphatic hydroxyl groups is 2. The first kappa shape index (κ1) is 13.9. The zero-order valence-corrected chi connectivity index (χ0v) is 10.7. The topological polar surface area (TPSA) is 43.7 Å². The van der Waals surface area contributed by atoms with Crippen LogP contribution >= 0.6 is 0 Å². The highest BCUT2D eigenvalue weighted by Crippen LogP contribution is 2.26. The van der Waals surface area contributed by atoms with Gasteiger partial charge in [-0.15, -0.1) is 0 Å². The fraction of sp³-hybridized carbons (Fsp3) is 1.00. The lowest BCUT2D eigenvalue weighted by Gasteiger charge is -2.40. The molecule has 0 spiro atoms. The minimum atomic E-state index is -0.0890. The van der Waals surface area contributed by atoms with Crippen molar-refractivity contribution in [2.45, 2.75) is 70.6 Å². The maximum Gasteiger partial charge on any atom is 0.0558 e. The summed E-state index contributed by atoms with van der Waals surface area (Å²) in [6.07, 6.45) is 6.22. The van der Waals surface area contributed by atoms with Crippen LogP contribution in [0.5, 0.6) is 0 Å². The van der Waals surface area contributed by atoms with Crippen molar-refractivity contribution >= 4 is 0 Å². The molecule has 2 N–H and O–H groups in total. The Hall–Kier alpha value is -0.120. The number of hydrogen-bond acceptors (Lipinski definition) is 3. The van der Waals surface area contributed by atoms with Crippen molar-refractivity contribution in [3.63, 3.8) is 0 Å². The second-order valence-electron chi connectivity index (χ2n) is 4.89. The molecule has 3 nitrogen and oxygen atoms in total. The minimum Gasteiger partial charge on any atom is -0.395 e. The molecule has 1 rings (SSSR count). The second-order valence-corrected chi connectivity index (χ2v) is 4.89. The number of rotatable bonds is 6. The standard InChI is InChI=1S/C13H27NO2/c1-3-11(4-2)14(9-10-15)12-5-7-13(16)8-6-12/h11-13,15-16H,3-10H2,1-2H3. The van der Waals surface area contributed by atoms with Gasteiger partial charge < -0.3 is 10.2 Å². The van der Waals surface area contributed by atoms with E-state index in [0.29, 0.717) is 12.1 Å². The Balaban J connectivity index is 2.54. The second kappa shape index (κ2) is 7.25. The Bertz CT molecular complexity index is 175. The van der Waals surface area contributed by atoms with Crippen LogP contribution in [0.4, 0.5) is 0 Å². The molecule has 1 aliphatic rings. The molecular formula is C13H27NO2. The summed E-state index contributed by atoms with van der Waals surface area (Å²) in [6.45, 7) is 5.47. The SMILES string of the molecule is CCC(CC)N(CCO)C1CCC(O)CC1. The highest BCUT2D eigenvalue weighted by Gasteiger charge is 2.27. The van der Waals surface area contributed by atoms with Crippen molar-refractivity contribution in [1.29, 1.82) is 0 Å². The summed E-state index contributed by atoms with van der Waals surface area (Å²) >= 11 is 0.